The number of hydrogen-bond acceptors (Lipinski definition) is 2. The van der Waals surface area contributed by atoms with E-state index in [1.165, 1.54) is 0 Å². The van der Waals surface area contributed by atoms with E-state index in [0.29, 0.717) is 10.3 Å². The highest BCUT2D eigenvalue weighted by Gasteiger charge is 2.25. The van der Waals surface area contributed by atoms with Crippen molar-refractivity contribution < 1.29 is 0 Å². The van der Waals surface area contributed by atoms with Crippen molar-refractivity contribution in [2.24, 2.45) is 0 Å². The fourth-order valence-corrected chi connectivity index (χ4v) is 2.75. The summed E-state index contributed by atoms with van der Waals surface area (Å²) in [6.07, 6.45) is 2.00. The van der Waals surface area contributed by atoms with Crippen LogP contribution >= 0.6 is 12.2 Å². The molecule has 0 atom stereocenters. The molecule has 0 saturated carbocycles. The third-order valence-corrected chi connectivity index (χ3v) is 4.19. The Hall–Kier alpha value is -1.60. The Kier molecular flexibility index (Phi) is 3.27. The first kappa shape index (κ1) is 12.8. The maximum Gasteiger partial charge on any atom is 0.178 e. The van der Waals surface area contributed by atoms with Crippen LogP contribution in [0.5, 0.6) is 0 Å². The molecule has 0 fully saturated rings. The standard InChI is InChI=1S/C14H17N3S/c1-4-14(3,5-2)17-11-8-6-7-10(9-15)12(11)16-13(17)18/h6-8H,4-5H2,1-3H3,(H,16,18). The number of nitriles is 1. The average molecular weight is 259 g/mol. The lowest BCUT2D eigenvalue weighted by Crippen LogP contribution is -2.28. The van der Waals surface area contributed by atoms with E-state index in [2.05, 4.69) is 36.4 Å². The Morgan fingerprint density at radius 3 is 2.61 bits per heavy atom. The molecule has 1 aromatic carbocycles. The molecule has 0 bridgehead atoms. The molecule has 2 rings (SSSR count). The lowest BCUT2D eigenvalue weighted by atomic mass is 9.95. The SMILES string of the molecule is CCC(C)(CC)n1c(=S)[nH]c2c(C#N)cccc21. The monoisotopic (exact) mass is 259 g/mol. The van der Waals surface area contributed by atoms with Gasteiger partial charge in [-0.2, -0.15) is 5.26 Å². The van der Waals surface area contributed by atoms with E-state index in [0.717, 1.165) is 23.9 Å². The summed E-state index contributed by atoms with van der Waals surface area (Å²) in [5, 5.41) is 9.14. The van der Waals surface area contributed by atoms with Crippen molar-refractivity contribution in [3.05, 3.63) is 28.5 Å². The molecule has 0 saturated heterocycles. The van der Waals surface area contributed by atoms with Crippen LogP contribution in [0, 0.1) is 16.1 Å². The van der Waals surface area contributed by atoms with E-state index in [9.17, 15) is 0 Å². The van der Waals surface area contributed by atoms with Gasteiger partial charge < -0.3 is 9.55 Å². The fraction of sp³-hybridized carbons (Fsp3) is 0.429. The summed E-state index contributed by atoms with van der Waals surface area (Å²) >= 11 is 5.44. The molecule has 1 heterocycles. The van der Waals surface area contributed by atoms with Gasteiger partial charge in [-0.1, -0.05) is 19.9 Å². The third kappa shape index (κ3) is 1.75. The van der Waals surface area contributed by atoms with Gasteiger partial charge in [0, 0.05) is 5.54 Å². The maximum absolute atomic E-state index is 9.14. The molecule has 0 amide bonds. The smallest absolute Gasteiger partial charge is 0.178 e. The second-order valence-electron chi connectivity index (χ2n) is 4.78. The van der Waals surface area contributed by atoms with Crippen molar-refractivity contribution in [3.8, 4) is 6.07 Å². The Morgan fingerprint density at radius 1 is 1.39 bits per heavy atom. The van der Waals surface area contributed by atoms with E-state index in [1.54, 1.807) is 0 Å². The van der Waals surface area contributed by atoms with E-state index in [4.69, 9.17) is 17.5 Å². The van der Waals surface area contributed by atoms with E-state index in [-0.39, 0.29) is 5.54 Å². The molecule has 0 aliphatic rings. The predicted octanol–water partition coefficient (Wildman–Crippen LogP) is 4.11. The minimum Gasteiger partial charge on any atom is -0.329 e. The molecule has 94 valence electrons. The third-order valence-electron chi connectivity index (χ3n) is 3.90. The summed E-state index contributed by atoms with van der Waals surface area (Å²) < 4.78 is 2.84. The molecule has 3 nitrogen and oxygen atoms in total. The molecular formula is C14H17N3S. The molecule has 0 unspecified atom stereocenters. The zero-order valence-corrected chi connectivity index (χ0v) is 11.8. The van der Waals surface area contributed by atoms with Gasteiger partial charge in [0.05, 0.1) is 16.6 Å². The highest BCUT2D eigenvalue weighted by molar-refractivity contribution is 7.71. The van der Waals surface area contributed by atoms with Crippen LogP contribution in [0.4, 0.5) is 0 Å². The lowest BCUT2D eigenvalue weighted by molar-refractivity contribution is 0.299. The number of benzene rings is 1. The van der Waals surface area contributed by atoms with Crippen LogP contribution in [0.1, 0.15) is 39.2 Å². The van der Waals surface area contributed by atoms with Crippen LogP contribution in [0.3, 0.4) is 0 Å². The van der Waals surface area contributed by atoms with Crippen LogP contribution in [0.15, 0.2) is 18.2 Å². The van der Waals surface area contributed by atoms with Crippen molar-refractivity contribution >= 4 is 23.3 Å². The molecule has 0 aliphatic carbocycles. The number of fused-ring (bicyclic) bond motifs is 1. The number of aromatic amines is 1. The minimum absolute atomic E-state index is 0.0105. The van der Waals surface area contributed by atoms with Crippen LogP contribution < -0.4 is 0 Å². The number of para-hydroxylation sites is 1. The normalized spacial score (nSPS) is 11.7. The van der Waals surface area contributed by atoms with Crippen LogP contribution in [0.25, 0.3) is 11.0 Å². The molecule has 1 N–H and O–H groups in total. The summed E-state index contributed by atoms with van der Waals surface area (Å²) in [7, 11) is 0. The van der Waals surface area contributed by atoms with Gasteiger partial charge in [-0.25, -0.2) is 0 Å². The predicted molar refractivity (Wildman–Crippen MR) is 76.1 cm³/mol. The van der Waals surface area contributed by atoms with Gasteiger partial charge >= 0.3 is 0 Å². The Bertz CT molecular complexity index is 668. The van der Waals surface area contributed by atoms with Crippen molar-refractivity contribution in [1.29, 1.82) is 5.26 Å². The van der Waals surface area contributed by atoms with Gasteiger partial charge in [0.2, 0.25) is 0 Å². The number of imidazole rings is 1. The quantitative estimate of drug-likeness (QED) is 0.843. The molecule has 0 radical (unpaired) electrons. The first-order valence-corrected chi connectivity index (χ1v) is 6.62. The first-order valence-electron chi connectivity index (χ1n) is 6.21. The van der Waals surface area contributed by atoms with Crippen molar-refractivity contribution in [2.75, 3.05) is 0 Å². The van der Waals surface area contributed by atoms with Crippen molar-refractivity contribution in [2.45, 2.75) is 39.2 Å². The lowest BCUT2D eigenvalue weighted by Gasteiger charge is -2.29. The molecule has 2 aromatic rings. The van der Waals surface area contributed by atoms with Gasteiger partial charge in [0.1, 0.15) is 6.07 Å². The largest absolute Gasteiger partial charge is 0.329 e. The number of nitrogens with zero attached hydrogens (tertiary/aromatic N) is 2. The maximum atomic E-state index is 9.14. The van der Waals surface area contributed by atoms with Crippen LogP contribution in [0.2, 0.25) is 0 Å². The highest BCUT2D eigenvalue weighted by atomic mass is 32.1. The molecule has 1 aromatic heterocycles. The summed E-state index contributed by atoms with van der Waals surface area (Å²) in [4.78, 5) is 3.18. The average Bonchev–Trinajstić information content (AvgIpc) is 2.74. The topological polar surface area (TPSA) is 44.5 Å². The second kappa shape index (κ2) is 4.58. The van der Waals surface area contributed by atoms with E-state index >= 15 is 0 Å². The van der Waals surface area contributed by atoms with E-state index < -0.39 is 0 Å². The fourth-order valence-electron chi connectivity index (χ4n) is 2.33. The van der Waals surface area contributed by atoms with Crippen LogP contribution in [-0.4, -0.2) is 9.55 Å². The van der Waals surface area contributed by atoms with Gasteiger partial charge in [0.25, 0.3) is 0 Å². The molecule has 4 heteroatoms. The number of rotatable bonds is 3. The molecule has 0 spiro atoms. The Labute approximate surface area is 112 Å². The summed E-state index contributed by atoms with van der Waals surface area (Å²) in [6.45, 7) is 6.53. The van der Waals surface area contributed by atoms with Gasteiger partial charge in [0.15, 0.2) is 4.77 Å². The summed E-state index contributed by atoms with van der Waals surface area (Å²) in [5.74, 6) is 0. The Balaban J connectivity index is 2.86. The molecular weight excluding hydrogens is 242 g/mol. The summed E-state index contributed by atoms with van der Waals surface area (Å²) in [6, 6.07) is 7.95. The number of aromatic nitrogens is 2. The minimum atomic E-state index is -0.0105. The molecule has 18 heavy (non-hydrogen) atoms. The van der Waals surface area contributed by atoms with E-state index in [1.807, 2.05) is 18.2 Å². The van der Waals surface area contributed by atoms with Crippen molar-refractivity contribution in [1.82, 2.24) is 9.55 Å². The van der Waals surface area contributed by atoms with Gasteiger partial charge in [-0.3, -0.25) is 0 Å². The van der Waals surface area contributed by atoms with Crippen LogP contribution in [-0.2, 0) is 5.54 Å². The highest BCUT2D eigenvalue weighted by Crippen LogP contribution is 2.30. The number of nitrogens with one attached hydrogen (secondary N) is 1. The number of hydrogen-bond donors (Lipinski definition) is 1. The number of H-pyrrole nitrogens is 1. The zero-order valence-electron chi connectivity index (χ0n) is 10.9. The van der Waals surface area contributed by atoms with Gasteiger partial charge in [-0.05, 0) is 44.1 Å². The molecule has 0 aliphatic heterocycles. The zero-order chi connectivity index (χ0) is 13.3. The summed E-state index contributed by atoms with van der Waals surface area (Å²) in [5.41, 5.74) is 2.50. The first-order chi connectivity index (χ1) is 8.57. The van der Waals surface area contributed by atoms with Crippen molar-refractivity contribution in [3.63, 3.8) is 0 Å². The van der Waals surface area contributed by atoms with Gasteiger partial charge in [-0.15, -0.1) is 0 Å². The second-order valence-corrected chi connectivity index (χ2v) is 5.17. The Morgan fingerprint density at radius 2 is 2.06 bits per heavy atom.